The normalized spacial score (nSPS) is 9.28. The molecule has 0 amide bonds. The van der Waals surface area contributed by atoms with Gasteiger partial charge in [0.05, 0.1) is 0 Å². The van der Waals surface area contributed by atoms with E-state index in [2.05, 4.69) is 9.78 Å². The minimum absolute atomic E-state index is 0.139. The van der Waals surface area contributed by atoms with E-state index in [0.29, 0.717) is 0 Å². The first-order valence-corrected chi connectivity index (χ1v) is 7.77. The molecule has 25 heavy (non-hydrogen) atoms. The topological polar surface area (TPSA) is 110 Å². The van der Waals surface area contributed by atoms with Crippen LogP contribution < -0.4 is 5.43 Å². The Labute approximate surface area is 146 Å². The number of fused-ring (bicyclic) bond motifs is 2. The van der Waals surface area contributed by atoms with Gasteiger partial charge in [-0.25, -0.2) is 9.59 Å². The van der Waals surface area contributed by atoms with Crippen LogP contribution in [-0.2, 0) is 19.4 Å². The molecule has 3 aromatic rings. The molecule has 0 atom stereocenters. The minimum Gasteiger partial charge on any atom is -0.301 e. The first-order chi connectivity index (χ1) is 11.9. The SMILES string of the molecule is CC(=O)OO.CC(=O)OO.O=c1c2ccccc2sc2ccccc12. The van der Waals surface area contributed by atoms with Crippen LogP contribution in [0.15, 0.2) is 53.3 Å². The average molecular weight is 364 g/mol. The van der Waals surface area contributed by atoms with E-state index in [1.165, 1.54) is 0 Å². The molecule has 3 rings (SSSR count). The van der Waals surface area contributed by atoms with Crippen molar-refractivity contribution in [3.8, 4) is 0 Å². The maximum absolute atomic E-state index is 12.1. The Balaban J connectivity index is 0.000000262. The molecule has 0 aliphatic heterocycles. The van der Waals surface area contributed by atoms with Crippen molar-refractivity contribution in [3.05, 3.63) is 58.8 Å². The molecule has 0 aliphatic carbocycles. The maximum atomic E-state index is 12.1. The average Bonchev–Trinajstić information content (AvgIpc) is 2.63. The van der Waals surface area contributed by atoms with Gasteiger partial charge in [0, 0.05) is 34.0 Å². The van der Waals surface area contributed by atoms with Gasteiger partial charge in [-0.2, -0.15) is 10.5 Å². The van der Waals surface area contributed by atoms with E-state index in [1.807, 2.05) is 48.5 Å². The molecular formula is C17H16O7S. The lowest BCUT2D eigenvalue weighted by molar-refractivity contribution is -0.231. The summed E-state index contributed by atoms with van der Waals surface area (Å²) in [5.74, 6) is -1.38. The predicted molar refractivity (Wildman–Crippen MR) is 94.4 cm³/mol. The van der Waals surface area contributed by atoms with Gasteiger partial charge in [0.25, 0.3) is 0 Å². The minimum atomic E-state index is -0.690. The second-order valence-corrected chi connectivity index (χ2v) is 5.67. The Morgan fingerprint density at radius 1 is 0.800 bits per heavy atom. The summed E-state index contributed by atoms with van der Waals surface area (Å²) in [6.45, 7) is 2.22. The summed E-state index contributed by atoms with van der Waals surface area (Å²) in [4.78, 5) is 37.0. The summed E-state index contributed by atoms with van der Waals surface area (Å²) in [5.41, 5.74) is 0.139. The summed E-state index contributed by atoms with van der Waals surface area (Å²) in [6, 6.07) is 15.5. The van der Waals surface area contributed by atoms with Crippen molar-refractivity contribution < 1.29 is 29.9 Å². The summed E-state index contributed by atoms with van der Waals surface area (Å²) in [6.07, 6.45) is 0. The van der Waals surface area contributed by atoms with E-state index in [9.17, 15) is 14.4 Å². The number of hydrogen-bond acceptors (Lipinski definition) is 8. The van der Waals surface area contributed by atoms with Gasteiger partial charge in [0.15, 0.2) is 5.43 Å². The second-order valence-electron chi connectivity index (χ2n) is 4.59. The Kier molecular flexibility index (Phi) is 8.21. The van der Waals surface area contributed by atoms with Gasteiger partial charge in [-0.05, 0) is 24.3 Å². The lowest BCUT2D eigenvalue weighted by atomic mass is 10.2. The fraction of sp³-hybridized carbons (Fsp3) is 0.118. The number of benzene rings is 2. The monoisotopic (exact) mass is 364 g/mol. The number of carbonyl (C=O) groups excluding carboxylic acids is 2. The fourth-order valence-electron chi connectivity index (χ4n) is 1.75. The van der Waals surface area contributed by atoms with Crippen molar-refractivity contribution in [1.82, 2.24) is 0 Å². The lowest BCUT2D eigenvalue weighted by Gasteiger charge is -1.99. The lowest BCUT2D eigenvalue weighted by Crippen LogP contribution is -1.99. The third kappa shape index (κ3) is 6.30. The molecule has 0 spiro atoms. The third-order valence-corrected chi connectivity index (χ3v) is 3.89. The van der Waals surface area contributed by atoms with Crippen LogP contribution in [-0.4, -0.2) is 22.5 Å². The smallest absolute Gasteiger partial charge is 0.301 e. The van der Waals surface area contributed by atoms with Crippen LogP contribution >= 0.6 is 11.3 Å². The van der Waals surface area contributed by atoms with Crippen molar-refractivity contribution >= 4 is 43.4 Å². The van der Waals surface area contributed by atoms with E-state index >= 15 is 0 Å². The van der Waals surface area contributed by atoms with Crippen LogP contribution in [0.5, 0.6) is 0 Å². The summed E-state index contributed by atoms with van der Waals surface area (Å²) in [7, 11) is 0. The van der Waals surface area contributed by atoms with Crippen LogP contribution in [0.2, 0.25) is 0 Å². The van der Waals surface area contributed by atoms with Crippen LogP contribution in [0.1, 0.15) is 13.8 Å². The van der Waals surface area contributed by atoms with E-state index in [4.69, 9.17) is 10.5 Å². The number of carbonyl (C=O) groups is 2. The summed E-state index contributed by atoms with van der Waals surface area (Å²) < 4.78 is 2.11. The van der Waals surface area contributed by atoms with Crippen molar-refractivity contribution in [3.63, 3.8) is 0 Å². The van der Waals surface area contributed by atoms with Crippen molar-refractivity contribution in [2.45, 2.75) is 13.8 Å². The van der Waals surface area contributed by atoms with Gasteiger partial charge in [-0.1, -0.05) is 24.3 Å². The molecule has 0 radical (unpaired) electrons. The van der Waals surface area contributed by atoms with E-state index in [1.54, 1.807) is 11.3 Å². The Hall–Kier alpha value is -2.81. The Morgan fingerprint density at radius 2 is 1.12 bits per heavy atom. The molecule has 0 fully saturated rings. The highest BCUT2D eigenvalue weighted by atomic mass is 32.1. The molecule has 132 valence electrons. The molecule has 0 saturated carbocycles. The third-order valence-electron chi connectivity index (χ3n) is 2.74. The highest BCUT2D eigenvalue weighted by molar-refractivity contribution is 7.24. The van der Waals surface area contributed by atoms with Crippen LogP contribution in [0.4, 0.5) is 0 Å². The van der Waals surface area contributed by atoms with Crippen LogP contribution in [0.3, 0.4) is 0 Å². The molecule has 0 bridgehead atoms. The largest absolute Gasteiger partial charge is 0.339 e. The molecule has 0 aliphatic rings. The first-order valence-electron chi connectivity index (χ1n) is 6.95. The number of hydrogen-bond donors (Lipinski definition) is 2. The molecule has 2 N–H and O–H groups in total. The maximum Gasteiger partial charge on any atom is 0.339 e. The molecular weight excluding hydrogens is 348 g/mol. The van der Waals surface area contributed by atoms with Crippen molar-refractivity contribution in [2.75, 3.05) is 0 Å². The molecule has 8 heteroatoms. The molecule has 1 heterocycles. The van der Waals surface area contributed by atoms with E-state index in [0.717, 1.165) is 34.0 Å². The van der Waals surface area contributed by atoms with Gasteiger partial charge in [0.1, 0.15) is 0 Å². The van der Waals surface area contributed by atoms with Crippen LogP contribution in [0, 0.1) is 0 Å². The number of rotatable bonds is 0. The second kappa shape index (κ2) is 10.1. The molecule has 1 aromatic heterocycles. The van der Waals surface area contributed by atoms with Gasteiger partial charge in [-0.15, -0.1) is 11.3 Å². The van der Waals surface area contributed by atoms with E-state index in [-0.39, 0.29) is 5.43 Å². The van der Waals surface area contributed by atoms with Crippen LogP contribution in [0.25, 0.3) is 20.2 Å². The van der Waals surface area contributed by atoms with Gasteiger partial charge >= 0.3 is 11.9 Å². The zero-order valence-corrected chi connectivity index (χ0v) is 14.3. The first kappa shape index (κ1) is 20.2. The molecule has 7 nitrogen and oxygen atoms in total. The van der Waals surface area contributed by atoms with E-state index < -0.39 is 11.9 Å². The molecule has 0 unspecified atom stereocenters. The van der Waals surface area contributed by atoms with Crippen molar-refractivity contribution in [2.24, 2.45) is 0 Å². The highest BCUT2D eigenvalue weighted by Crippen LogP contribution is 2.23. The Morgan fingerprint density at radius 3 is 1.44 bits per heavy atom. The highest BCUT2D eigenvalue weighted by Gasteiger charge is 2.03. The Bertz CT molecular complexity index is 846. The van der Waals surface area contributed by atoms with Gasteiger partial charge < -0.3 is 9.78 Å². The predicted octanol–water partition coefficient (Wildman–Crippen LogP) is 3.46. The summed E-state index contributed by atoms with van der Waals surface area (Å²) >= 11 is 1.67. The van der Waals surface area contributed by atoms with Gasteiger partial charge in [-0.3, -0.25) is 4.79 Å². The van der Waals surface area contributed by atoms with Crippen molar-refractivity contribution in [1.29, 1.82) is 0 Å². The molecule has 0 saturated heterocycles. The zero-order valence-electron chi connectivity index (χ0n) is 13.5. The quantitative estimate of drug-likeness (QED) is 0.357. The zero-order chi connectivity index (χ0) is 18.8. The molecule has 2 aromatic carbocycles. The van der Waals surface area contributed by atoms with Gasteiger partial charge in [0.2, 0.25) is 0 Å². The standard InChI is InChI=1S/C13H8OS.2C2H4O3/c14-13-9-5-1-3-7-11(9)15-12-8-4-2-6-10(12)13;2*1-2(3)5-4/h1-8H;2*4H,1H3. The fourth-order valence-corrected chi connectivity index (χ4v) is 2.82. The summed E-state index contributed by atoms with van der Waals surface area (Å²) in [5, 5.41) is 16.2.